The Morgan fingerprint density at radius 3 is 2.75 bits per heavy atom. The van der Waals surface area contributed by atoms with Gasteiger partial charge in [-0.15, -0.1) is 0 Å². The maximum Gasteiger partial charge on any atom is 0.328 e. The van der Waals surface area contributed by atoms with Crippen molar-refractivity contribution in [1.29, 1.82) is 0 Å². The van der Waals surface area contributed by atoms with E-state index in [-0.39, 0.29) is 5.02 Å². The molecule has 10 heteroatoms. The van der Waals surface area contributed by atoms with E-state index in [4.69, 9.17) is 26.4 Å². The van der Waals surface area contributed by atoms with Gasteiger partial charge in [0, 0.05) is 63.4 Å². The van der Waals surface area contributed by atoms with Crippen LogP contribution in [0.25, 0.3) is 17.2 Å². The number of benzene rings is 2. The number of methoxy groups -OCH3 is 1. The fourth-order valence-corrected chi connectivity index (χ4v) is 4.14. The topological polar surface area (TPSA) is 90.8 Å². The summed E-state index contributed by atoms with van der Waals surface area (Å²) in [6.45, 7) is 4.83. The number of carboxylic acid groups (broad SMARTS) is 1. The zero-order valence-corrected chi connectivity index (χ0v) is 20.6. The number of anilines is 3. The van der Waals surface area contributed by atoms with Gasteiger partial charge in [0.2, 0.25) is 5.95 Å². The van der Waals surface area contributed by atoms with Crippen LogP contribution in [0.15, 0.2) is 54.7 Å². The van der Waals surface area contributed by atoms with Gasteiger partial charge < -0.3 is 20.1 Å². The molecule has 1 aliphatic heterocycles. The number of ether oxygens (including phenoxy) is 1. The van der Waals surface area contributed by atoms with Crippen LogP contribution in [0, 0.1) is 5.82 Å². The second kappa shape index (κ2) is 11.9. The van der Waals surface area contributed by atoms with Crippen LogP contribution < -0.4 is 10.2 Å². The monoisotopic (exact) mass is 511 g/mol. The Hall–Kier alpha value is -3.53. The molecule has 0 bridgehead atoms. The van der Waals surface area contributed by atoms with Crippen molar-refractivity contribution in [1.82, 2.24) is 14.9 Å². The van der Waals surface area contributed by atoms with E-state index in [0.717, 1.165) is 61.3 Å². The van der Waals surface area contributed by atoms with Gasteiger partial charge in [-0.05, 0) is 41.5 Å². The van der Waals surface area contributed by atoms with Crippen LogP contribution >= 0.6 is 11.6 Å². The minimum Gasteiger partial charge on any atom is -0.478 e. The molecule has 0 atom stereocenters. The molecule has 0 aliphatic carbocycles. The molecule has 1 aromatic heterocycles. The zero-order chi connectivity index (χ0) is 25.5. The summed E-state index contributed by atoms with van der Waals surface area (Å²) >= 11 is 5.93. The molecular formula is C26H27ClFN5O3. The minimum atomic E-state index is -1.01. The van der Waals surface area contributed by atoms with Crippen LogP contribution in [0.1, 0.15) is 5.56 Å². The second-order valence-electron chi connectivity index (χ2n) is 8.30. The average Bonchev–Trinajstić information content (AvgIpc) is 2.89. The molecule has 1 aliphatic rings. The van der Waals surface area contributed by atoms with Crippen molar-refractivity contribution >= 4 is 41.1 Å². The molecule has 188 valence electrons. The van der Waals surface area contributed by atoms with E-state index in [1.54, 1.807) is 25.4 Å². The smallest absolute Gasteiger partial charge is 0.328 e. The van der Waals surface area contributed by atoms with Crippen LogP contribution in [0.5, 0.6) is 0 Å². The third kappa shape index (κ3) is 6.57. The van der Waals surface area contributed by atoms with Gasteiger partial charge in [-0.2, -0.15) is 4.98 Å². The number of halogens is 2. The lowest BCUT2D eigenvalue weighted by Gasteiger charge is -2.36. The second-order valence-corrected chi connectivity index (χ2v) is 8.71. The summed E-state index contributed by atoms with van der Waals surface area (Å²) < 4.78 is 18.8. The first kappa shape index (κ1) is 25.6. The minimum absolute atomic E-state index is 0.00950. The molecule has 3 aromatic rings. The first-order valence-corrected chi connectivity index (χ1v) is 11.9. The summed E-state index contributed by atoms with van der Waals surface area (Å²) in [5.74, 6) is -0.388. The van der Waals surface area contributed by atoms with Crippen LogP contribution in [-0.4, -0.2) is 72.4 Å². The highest BCUT2D eigenvalue weighted by Crippen LogP contribution is 2.32. The maximum absolute atomic E-state index is 13.6. The van der Waals surface area contributed by atoms with Gasteiger partial charge in [0.1, 0.15) is 11.6 Å². The quantitative estimate of drug-likeness (QED) is 0.404. The van der Waals surface area contributed by atoms with Gasteiger partial charge in [-0.25, -0.2) is 14.2 Å². The Labute approximate surface area is 214 Å². The summed E-state index contributed by atoms with van der Waals surface area (Å²) in [5.41, 5.74) is 3.03. The third-order valence-electron chi connectivity index (χ3n) is 5.84. The lowest BCUT2D eigenvalue weighted by Crippen LogP contribution is -2.47. The highest BCUT2D eigenvalue weighted by molar-refractivity contribution is 6.31. The number of hydrogen-bond acceptors (Lipinski definition) is 7. The summed E-state index contributed by atoms with van der Waals surface area (Å²) in [7, 11) is 1.70. The number of rotatable bonds is 9. The SMILES string of the molecule is COCCN1CCN(c2nc(Nc3ccc(F)c(Cl)c3)ncc2-c2cccc(C=CC(=O)O)c2)CC1. The molecular weight excluding hydrogens is 485 g/mol. The highest BCUT2D eigenvalue weighted by atomic mass is 35.5. The highest BCUT2D eigenvalue weighted by Gasteiger charge is 2.22. The summed E-state index contributed by atoms with van der Waals surface area (Å²) in [6, 6.07) is 11.9. The van der Waals surface area contributed by atoms with E-state index in [0.29, 0.717) is 18.2 Å². The van der Waals surface area contributed by atoms with Crippen LogP contribution in [0.2, 0.25) is 5.02 Å². The van der Waals surface area contributed by atoms with Crippen molar-refractivity contribution in [3.8, 4) is 11.1 Å². The Bertz CT molecular complexity index is 1250. The van der Waals surface area contributed by atoms with Crippen molar-refractivity contribution in [3.63, 3.8) is 0 Å². The van der Waals surface area contributed by atoms with Gasteiger partial charge in [0.25, 0.3) is 0 Å². The largest absolute Gasteiger partial charge is 0.478 e. The molecule has 2 N–H and O–H groups in total. The lowest BCUT2D eigenvalue weighted by atomic mass is 10.0. The van der Waals surface area contributed by atoms with Crippen molar-refractivity contribution in [2.45, 2.75) is 0 Å². The van der Waals surface area contributed by atoms with Gasteiger partial charge >= 0.3 is 5.97 Å². The molecule has 2 heterocycles. The van der Waals surface area contributed by atoms with E-state index in [1.165, 1.54) is 12.1 Å². The Kier molecular flexibility index (Phi) is 8.48. The predicted octanol–water partition coefficient (Wildman–Crippen LogP) is 4.55. The molecule has 2 aromatic carbocycles. The molecule has 1 fully saturated rings. The molecule has 8 nitrogen and oxygen atoms in total. The number of piperazine rings is 1. The number of nitrogens with zero attached hydrogens (tertiary/aromatic N) is 4. The van der Waals surface area contributed by atoms with Gasteiger partial charge in [0.05, 0.1) is 11.6 Å². The standard InChI is InChI=1S/C26H27ClFN5O3/c1-36-14-13-32-9-11-33(12-10-32)25-21(19-4-2-3-18(15-19)5-8-24(34)35)17-29-26(31-25)30-20-6-7-23(28)22(27)16-20/h2-8,15-17H,9-14H2,1H3,(H,34,35)(H,29,30,31). The van der Waals surface area contributed by atoms with Crippen LogP contribution in [-0.2, 0) is 9.53 Å². The number of aromatic nitrogens is 2. The van der Waals surface area contributed by atoms with E-state index < -0.39 is 11.8 Å². The average molecular weight is 512 g/mol. The van der Waals surface area contributed by atoms with E-state index in [1.807, 2.05) is 24.3 Å². The predicted molar refractivity (Wildman–Crippen MR) is 139 cm³/mol. The Morgan fingerprint density at radius 2 is 2.03 bits per heavy atom. The zero-order valence-electron chi connectivity index (χ0n) is 19.8. The number of hydrogen-bond donors (Lipinski definition) is 2. The molecule has 0 spiro atoms. The van der Waals surface area contributed by atoms with Gasteiger partial charge in [-0.1, -0.05) is 29.8 Å². The normalized spacial score (nSPS) is 14.4. The summed E-state index contributed by atoms with van der Waals surface area (Å²) in [5, 5.41) is 12.1. The number of nitrogens with one attached hydrogen (secondary N) is 1. The van der Waals surface area contributed by atoms with Gasteiger partial charge in [0.15, 0.2) is 0 Å². The third-order valence-corrected chi connectivity index (χ3v) is 6.13. The lowest BCUT2D eigenvalue weighted by molar-refractivity contribution is -0.131. The Morgan fingerprint density at radius 1 is 1.22 bits per heavy atom. The fourth-order valence-electron chi connectivity index (χ4n) is 3.96. The first-order chi connectivity index (χ1) is 17.4. The molecule has 0 saturated carbocycles. The van der Waals surface area contributed by atoms with E-state index in [9.17, 15) is 9.18 Å². The maximum atomic E-state index is 13.6. The fraction of sp³-hybridized carbons (Fsp3) is 0.269. The molecule has 0 unspecified atom stereocenters. The van der Waals surface area contributed by atoms with E-state index >= 15 is 0 Å². The van der Waals surface area contributed by atoms with Crippen molar-refractivity contribution < 1.29 is 19.0 Å². The van der Waals surface area contributed by atoms with Crippen molar-refractivity contribution in [3.05, 3.63) is 71.1 Å². The van der Waals surface area contributed by atoms with Crippen molar-refractivity contribution in [2.75, 3.05) is 56.7 Å². The number of carbonyl (C=O) groups is 1. The van der Waals surface area contributed by atoms with Crippen LogP contribution in [0.3, 0.4) is 0 Å². The van der Waals surface area contributed by atoms with Gasteiger partial charge in [-0.3, -0.25) is 4.90 Å². The van der Waals surface area contributed by atoms with Crippen molar-refractivity contribution in [2.24, 2.45) is 0 Å². The first-order valence-electron chi connectivity index (χ1n) is 11.5. The number of aliphatic carboxylic acids is 1. The molecule has 0 amide bonds. The van der Waals surface area contributed by atoms with E-state index in [2.05, 4.69) is 20.1 Å². The number of carboxylic acids is 1. The van der Waals surface area contributed by atoms with Crippen LogP contribution in [0.4, 0.5) is 21.8 Å². The summed E-state index contributed by atoms with van der Waals surface area (Å²) in [6.07, 6.45) is 4.40. The summed E-state index contributed by atoms with van der Waals surface area (Å²) in [4.78, 5) is 24.8. The molecule has 1 saturated heterocycles. The Balaban J connectivity index is 1.66. The molecule has 4 rings (SSSR count). The molecule has 36 heavy (non-hydrogen) atoms. The molecule has 0 radical (unpaired) electrons.